The third kappa shape index (κ3) is 3.80. The lowest BCUT2D eigenvalue weighted by Gasteiger charge is -2.21. The maximum Gasteiger partial charge on any atom is 0.137 e. The summed E-state index contributed by atoms with van der Waals surface area (Å²) in [5, 5.41) is 9.70. The number of aliphatic hydroxyl groups is 1. The molecule has 1 atom stereocenters. The Kier molecular flexibility index (Phi) is 4.11. The average molecular weight is 277 g/mol. The Morgan fingerprint density at radius 2 is 2.20 bits per heavy atom. The lowest BCUT2D eigenvalue weighted by atomic mass is 10.1. The van der Waals surface area contributed by atoms with Crippen LogP contribution in [0.5, 0.6) is 5.75 Å². The van der Waals surface area contributed by atoms with Gasteiger partial charge >= 0.3 is 0 Å². The fourth-order valence-corrected chi connectivity index (χ4v) is 1.27. The number of hydrogen-bond donors (Lipinski definition) is 1. The van der Waals surface area contributed by atoms with E-state index in [0.717, 1.165) is 0 Å². The Morgan fingerprint density at radius 3 is 2.73 bits per heavy atom. The first kappa shape index (κ1) is 12.5. The van der Waals surface area contributed by atoms with Gasteiger partial charge in [-0.05, 0) is 47.5 Å². The summed E-state index contributed by atoms with van der Waals surface area (Å²) in [6.07, 6.45) is 0.607. The molecular weight excluding hydrogens is 263 g/mol. The molecule has 1 rings (SSSR count). The van der Waals surface area contributed by atoms with Crippen LogP contribution in [0.25, 0.3) is 0 Å². The van der Waals surface area contributed by atoms with E-state index in [1.54, 1.807) is 13.0 Å². The highest BCUT2D eigenvalue weighted by Gasteiger charge is 2.18. The summed E-state index contributed by atoms with van der Waals surface area (Å²) in [6.45, 7) is 3.77. The summed E-state index contributed by atoms with van der Waals surface area (Å²) in [5.74, 6) is 0.210. The van der Waals surface area contributed by atoms with Crippen LogP contribution in [0.4, 0.5) is 4.39 Å². The second-order valence-corrected chi connectivity index (χ2v) is 4.57. The summed E-state index contributed by atoms with van der Waals surface area (Å²) >= 11 is 3.07. The zero-order chi connectivity index (χ0) is 11.5. The highest BCUT2D eigenvalue weighted by Crippen LogP contribution is 2.22. The second-order valence-electron chi connectivity index (χ2n) is 3.72. The summed E-state index contributed by atoms with van der Waals surface area (Å²) < 4.78 is 18.6. The highest BCUT2D eigenvalue weighted by molar-refractivity contribution is 9.10. The van der Waals surface area contributed by atoms with Crippen molar-refractivity contribution in [3.63, 3.8) is 0 Å². The van der Waals surface area contributed by atoms with Crippen LogP contribution >= 0.6 is 15.9 Å². The van der Waals surface area contributed by atoms with Crippen LogP contribution in [0.1, 0.15) is 20.3 Å². The van der Waals surface area contributed by atoms with Crippen LogP contribution in [-0.2, 0) is 0 Å². The molecule has 84 valence electrons. The second kappa shape index (κ2) is 4.94. The standard InChI is InChI=1S/C11H14BrFO2/c1-3-11(2,14)7-15-8-4-5-10(13)9(12)6-8/h4-6,14H,3,7H2,1-2H3. The molecule has 2 nitrogen and oxygen atoms in total. The summed E-state index contributed by atoms with van der Waals surface area (Å²) in [5.41, 5.74) is -0.846. The van der Waals surface area contributed by atoms with Crippen LogP contribution in [-0.4, -0.2) is 17.3 Å². The quantitative estimate of drug-likeness (QED) is 0.916. The van der Waals surface area contributed by atoms with E-state index in [2.05, 4.69) is 15.9 Å². The van der Waals surface area contributed by atoms with Crippen molar-refractivity contribution >= 4 is 15.9 Å². The lowest BCUT2D eigenvalue weighted by molar-refractivity contribution is 0.00843. The number of rotatable bonds is 4. The van der Waals surface area contributed by atoms with Crippen molar-refractivity contribution in [1.29, 1.82) is 0 Å². The van der Waals surface area contributed by atoms with Gasteiger partial charge in [0.25, 0.3) is 0 Å². The molecule has 1 aromatic rings. The molecule has 0 saturated heterocycles. The zero-order valence-corrected chi connectivity index (χ0v) is 10.3. The molecule has 0 radical (unpaired) electrons. The molecule has 1 aromatic carbocycles. The van der Waals surface area contributed by atoms with Gasteiger partial charge in [-0.15, -0.1) is 0 Å². The van der Waals surface area contributed by atoms with Gasteiger partial charge in [0.1, 0.15) is 18.2 Å². The predicted molar refractivity (Wildman–Crippen MR) is 60.5 cm³/mol. The van der Waals surface area contributed by atoms with E-state index in [9.17, 15) is 9.50 Å². The minimum absolute atomic E-state index is 0.196. The van der Waals surface area contributed by atoms with Gasteiger partial charge in [-0.25, -0.2) is 4.39 Å². The van der Waals surface area contributed by atoms with Gasteiger partial charge < -0.3 is 9.84 Å². The number of halogens is 2. The Labute approximate surface area is 97.2 Å². The fraction of sp³-hybridized carbons (Fsp3) is 0.455. The first-order chi connectivity index (χ1) is 6.94. The highest BCUT2D eigenvalue weighted by atomic mass is 79.9. The van der Waals surface area contributed by atoms with Gasteiger partial charge in [-0.1, -0.05) is 6.92 Å². The Hall–Kier alpha value is -0.610. The minimum atomic E-state index is -0.846. The van der Waals surface area contributed by atoms with Gasteiger partial charge in [0.15, 0.2) is 0 Å². The van der Waals surface area contributed by atoms with Gasteiger partial charge in [0.2, 0.25) is 0 Å². The maximum atomic E-state index is 12.9. The van der Waals surface area contributed by atoms with Crippen molar-refractivity contribution in [2.45, 2.75) is 25.9 Å². The first-order valence-corrected chi connectivity index (χ1v) is 5.54. The van der Waals surface area contributed by atoms with Crippen LogP contribution < -0.4 is 4.74 Å². The van der Waals surface area contributed by atoms with Crippen molar-refractivity contribution in [2.75, 3.05) is 6.61 Å². The third-order valence-corrected chi connectivity index (χ3v) is 2.81. The molecule has 4 heteroatoms. The largest absolute Gasteiger partial charge is 0.491 e. The molecular formula is C11H14BrFO2. The Bertz CT molecular complexity index is 339. The average Bonchev–Trinajstić information content (AvgIpc) is 2.20. The summed E-state index contributed by atoms with van der Waals surface area (Å²) in [4.78, 5) is 0. The SMILES string of the molecule is CCC(C)(O)COc1ccc(F)c(Br)c1. The molecule has 0 amide bonds. The lowest BCUT2D eigenvalue weighted by Crippen LogP contribution is -2.31. The molecule has 0 saturated carbocycles. The third-order valence-electron chi connectivity index (χ3n) is 2.20. The maximum absolute atomic E-state index is 12.9. The minimum Gasteiger partial charge on any atom is -0.491 e. The molecule has 0 aliphatic heterocycles. The topological polar surface area (TPSA) is 29.5 Å². The molecule has 0 aliphatic carbocycles. The molecule has 1 N–H and O–H groups in total. The normalized spacial score (nSPS) is 14.7. The fourth-order valence-electron chi connectivity index (χ4n) is 0.908. The molecule has 0 aliphatic rings. The monoisotopic (exact) mass is 276 g/mol. The Morgan fingerprint density at radius 1 is 1.53 bits per heavy atom. The van der Waals surface area contributed by atoms with Crippen molar-refractivity contribution < 1.29 is 14.2 Å². The predicted octanol–water partition coefficient (Wildman–Crippen LogP) is 3.13. The number of hydrogen-bond acceptors (Lipinski definition) is 2. The zero-order valence-electron chi connectivity index (χ0n) is 8.76. The van der Waals surface area contributed by atoms with E-state index in [-0.39, 0.29) is 12.4 Å². The van der Waals surface area contributed by atoms with Crippen molar-refractivity contribution in [1.82, 2.24) is 0 Å². The van der Waals surface area contributed by atoms with Crippen LogP contribution in [0, 0.1) is 5.82 Å². The number of ether oxygens (including phenoxy) is 1. The Balaban J connectivity index is 2.62. The number of benzene rings is 1. The van der Waals surface area contributed by atoms with Crippen LogP contribution in [0.15, 0.2) is 22.7 Å². The molecule has 0 fully saturated rings. The van der Waals surface area contributed by atoms with Gasteiger partial charge in [-0.2, -0.15) is 0 Å². The van der Waals surface area contributed by atoms with Crippen molar-refractivity contribution in [3.8, 4) is 5.75 Å². The van der Waals surface area contributed by atoms with E-state index >= 15 is 0 Å². The van der Waals surface area contributed by atoms with E-state index in [1.165, 1.54) is 12.1 Å². The molecule has 15 heavy (non-hydrogen) atoms. The van der Waals surface area contributed by atoms with Gasteiger partial charge in [0.05, 0.1) is 10.1 Å². The smallest absolute Gasteiger partial charge is 0.137 e. The van der Waals surface area contributed by atoms with E-state index in [4.69, 9.17) is 4.74 Å². The molecule has 0 spiro atoms. The van der Waals surface area contributed by atoms with Crippen molar-refractivity contribution in [2.24, 2.45) is 0 Å². The van der Waals surface area contributed by atoms with Crippen LogP contribution in [0.3, 0.4) is 0 Å². The van der Waals surface area contributed by atoms with Gasteiger partial charge in [-0.3, -0.25) is 0 Å². The van der Waals surface area contributed by atoms with E-state index < -0.39 is 5.60 Å². The summed E-state index contributed by atoms with van der Waals surface area (Å²) in [6, 6.07) is 4.40. The molecule has 0 aromatic heterocycles. The van der Waals surface area contributed by atoms with E-state index in [1.807, 2.05) is 6.92 Å². The first-order valence-electron chi connectivity index (χ1n) is 4.75. The van der Waals surface area contributed by atoms with Crippen molar-refractivity contribution in [3.05, 3.63) is 28.5 Å². The summed E-state index contributed by atoms with van der Waals surface area (Å²) in [7, 11) is 0. The van der Waals surface area contributed by atoms with Gasteiger partial charge in [0, 0.05) is 0 Å². The molecule has 1 unspecified atom stereocenters. The van der Waals surface area contributed by atoms with Crippen LogP contribution in [0.2, 0.25) is 0 Å². The van der Waals surface area contributed by atoms with E-state index in [0.29, 0.717) is 16.6 Å². The molecule has 0 bridgehead atoms. The molecule has 0 heterocycles.